The summed E-state index contributed by atoms with van der Waals surface area (Å²) in [4.78, 5) is 10.7. The Morgan fingerprint density at radius 1 is 1.50 bits per heavy atom. The fraction of sp³-hybridized carbons (Fsp3) is 0.556. The number of aliphatic hydroxyl groups is 3. The number of rotatable bonds is 3. The number of nitrogens with two attached hydrogens (primary N) is 1. The second-order valence-electron chi connectivity index (χ2n) is 3.83. The van der Waals surface area contributed by atoms with E-state index in [-0.39, 0.29) is 4.88 Å². The molecule has 1 aliphatic heterocycles. The normalized spacial score (nSPS) is 31.8. The molecule has 0 aliphatic carbocycles. The maximum Gasteiger partial charge on any atom is 0.271 e. The van der Waals surface area contributed by atoms with Crippen molar-refractivity contribution >= 4 is 17.4 Å². The zero-order valence-electron chi connectivity index (χ0n) is 8.99. The maximum absolute atomic E-state index is 13.8. The van der Waals surface area contributed by atoms with E-state index >= 15 is 0 Å². The molecule has 100 valence electrons. The molecule has 2 heterocycles. The minimum Gasteiger partial charge on any atom is -0.394 e. The first-order valence-corrected chi connectivity index (χ1v) is 5.82. The quantitative estimate of drug-likeness (QED) is 0.535. The van der Waals surface area contributed by atoms with Crippen molar-refractivity contribution in [2.75, 3.05) is 6.61 Å². The van der Waals surface area contributed by atoms with Crippen LogP contribution in [0.2, 0.25) is 0 Å². The number of hydrogen-bond donors (Lipinski definition) is 4. The Bertz CT molecular complexity index is 468. The third-order valence-electron chi connectivity index (χ3n) is 2.69. The van der Waals surface area contributed by atoms with Crippen LogP contribution < -0.4 is 5.73 Å². The van der Waals surface area contributed by atoms with E-state index in [0.29, 0.717) is 11.5 Å². The number of halogens is 1. The van der Waals surface area contributed by atoms with Crippen LogP contribution >= 0.6 is 11.5 Å². The Morgan fingerprint density at radius 2 is 2.17 bits per heavy atom. The van der Waals surface area contributed by atoms with E-state index in [1.807, 2.05) is 0 Å². The van der Waals surface area contributed by atoms with E-state index in [1.54, 1.807) is 0 Å². The van der Waals surface area contributed by atoms with E-state index < -0.39 is 48.4 Å². The number of hydrogen-bond acceptors (Lipinski definition) is 7. The van der Waals surface area contributed by atoms with Crippen molar-refractivity contribution in [3.05, 3.63) is 16.4 Å². The lowest BCUT2D eigenvalue weighted by atomic mass is 10.1. The first kappa shape index (κ1) is 13.3. The van der Waals surface area contributed by atoms with Gasteiger partial charge in [-0.1, -0.05) is 0 Å². The van der Waals surface area contributed by atoms with Gasteiger partial charge < -0.3 is 25.8 Å². The summed E-state index contributed by atoms with van der Waals surface area (Å²) in [6.45, 7) is -0.516. The smallest absolute Gasteiger partial charge is 0.271 e. The summed E-state index contributed by atoms with van der Waals surface area (Å²) in [6.07, 6.45) is -4.93. The molecule has 1 fully saturated rings. The van der Waals surface area contributed by atoms with Crippen LogP contribution in [0.1, 0.15) is 21.5 Å². The lowest BCUT2D eigenvalue weighted by Crippen LogP contribution is -2.32. The average Bonchev–Trinajstić information content (AvgIpc) is 2.82. The van der Waals surface area contributed by atoms with E-state index in [4.69, 9.17) is 15.6 Å². The number of carbonyl (C=O) groups excluding carboxylic acids is 1. The predicted molar refractivity (Wildman–Crippen MR) is 57.3 cm³/mol. The van der Waals surface area contributed by atoms with Crippen molar-refractivity contribution in [1.82, 2.24) is 4.37 Å². The van der Waals surface area contributed by atoms with Crippen LogP contribution in [0.3, 0.4) is 0 Å². The van der Waals surface area contributed by atoms with Crippen molar-refractivity contribution in [2.24, 2.45) is 5.73 Å². The molecule has 1 aromatic heterocycles. The number of nitrogens with zero attached hydrogens (tertiary/aromatic N) is 1. The largest absolute Gasteiger partial charge is 0.394 e. The zero-order chi connectivity index (χ0) is 13.4. The SMILES string of the molecule is NC(=O)c1nsc([C@@H]2O[C@H](CO)[C@@H](O)[C@H]2O)c1F. The molecule has 1 saturated heterocycles. The molecule has 18 heavy (non-hydrogen) atoms. The number of amides is 1. The zero-order valence-corrected chi connectivity index (χ0v) is 9.80. The highest BCUT2D eigenvalue weighted by molar-refractivity contribution is 7.06. The van der Waals surface area contributed by atoms with Gasteiger partial charge in [-0.3, -0.25) is 4.79 Å². The molecular weight excluding hydrogens is 267 g/mol. The van der Waals surface area contributed by atoms with Crippen molar-refractivity contribution in [3.8, 4) is 0 Å². The summed E-state index contributed by atoms with van der Waals surface area (Å²) < 4.78 is 22.4. The fourth-order valence-corrected chi connectivity index (χ4v) is 2.57. The van der Waals surface area contributed by atoms with E-state index in [0.717, 1.165) is 0 Å². The summed E-state index contributed by atoms with van der Waals surface area (Å²) in [5.41, 5.74) is 4.38. The van der Waals surface area contributed by atoms with Gasteiger partial charge in [-0.25, -0.2) is 4.39 Å². The topological polar surface area (TPSA) is 126 Å². The summed E-state index contributed by atoms with van der Waals surface area (Å²) >= 11 is 0.616. The van der Waals surface area contributed by atoms with Crippen molar-refractivity contribution < 1.29 is 29.2 Å². The van der Waals surface area contributed by atoms with Gasteiger partial charge in [-0.2, -0.15) is 4.37 Å². The molecule has 0 bridgehead atoms. The predicted octanol–water partition coefficient (Wildman–Crippen LogP) is -1.46. The minimum absolute atomic E-state index is 0.133. The van der Waals surface area contributed by atoms with Crippen LogP contribution in [0.4, 0.5) is 4.39 Å². The van der Waals surface area contributed by atoms with Crippen LogP contribution in [0, 0.1) is 5.82 Å². The van der Waals surface area contributed by atoms with Crippen molar-refractivity contribution in [1.29, 1.82) is 0 Å². The Hall–Kier alpha value is -1.13. The van der Waals surface area contributed by atoms with Gasteiger partial charge in [-0.05, 0) is 11.5 Å². The fourth-order valence-electron chi connectivity index (χ4n) is 1.74. The molecule has 0 radical (unpaired) electrons. The highest BCUT2D eigenvalue weighted by atomic mass is 32.1. The highest BCUT2D eigenvalue weighted by Gasteiger charge is 2.45. The van der Waals surface area contributed by atoms with Gasteiger partial charge in [0.1, 0.15) is 24.4 Å². The number of carbonyl (C=O) groups is 1. The maximum atomic E-state index is 13.8. The lowest BCUT2D eigenvalue weighted by Gasteiger charge is -2.12. The van der Waals surface area contributed by atoms with Crippen LogP contribution in [0.15, 0.2) is 0 Å². The summed E-state index contributed by atoms with van der Waals surface area (Å²) in [5, 5.41) is 28.1. The van der Waals surface area contributed by atoms with E-state index in [2.05, 4.69) is 4.37 Å². The van der Waals surface area contributed by atoms with Gasteiger partial charge in [0.25, 0.3) is 5.91 Å². The molecular formula is C9H11FN2O5S. The Balaban J connectivity index is 2.30. The van der Waals surface area contributed by atoms with E-state index in [9.17, 15) is 19.4 Å². The van der Waals surface area contributed by atoms with Gasteiger partial charge in [0.2, 0.25) is 0 Å². The highest BCUT2D eigenvalue weighted by Crippen LogP contribution is 2.37. The molecule has 1 aliphatic rings. The number of aliphatic hydroxyl groups excluding tert-OH is 3. The Labute approximate surface area is 105 Å². The average molecular weight is 278 g/mol. The van der Waals surface area contributed by atoms with Crippen molar-refractivity contribution in [3.63, 3.8) is 0 Å². The summed E-state index contributed by atoms with van der Waals surface area (Å²) in [7, 11) is 0. The van der Waals surface area contributed by atoms with Gasteiger partial charge >= 0.3 is 0 Å². The summed E-state index contributed by atoms with van der Waals surface area (Å²) in [6, 6.07) is 0. The number of ether oxygens (including phenoxy) is 1. The van der Waals surface area contributed by atoms with Gasteiger partial charge in [0, 0.05) is 0 Å². The second kappa shape index (κ2) is 4.86. The first-order valence-electron chi connectivity index (χ1n) is 5.04. The molecule has 7 nitrogen and oxygen atoms in total. The molecule has 0 saturated carbocycles. The van der Waals surface area contributed by atoms with Crippen LogP contribution in [-0.2, 0) is 4.74 Å². The minimum atomic E-state index is -1.40. The van der Waals surface area contributed by atoms with Gasteiger partial charge in [-0.15, -0.1) is 0 Å². The molecule has 1 aromatic rings. The number of aromatic nitrogens is 1. The third-order valence-corrected chi connectivity index (χ3v) is 3.58. The molecule has 1 amide bonds. The molecule has 0 unspecified atom stereocenters. The van der Waals surface area contributed by atoms with Crippen molar-refractivity contribution in [2.45, 2.75) is 24.4 Å². The van der Waals surface area contributed by atoms with Crippen LogP contribution in [0.25, 0.3) is 0 Å². The molecule has 0 aromatic carbocycles. The molecule has 4 atom stereocenters. The second-order valence-corrected chi connectivity index (χ2v) is 4.64. The monoisotopic (exact) mass is 278 g/mol. The van der Waals surface area contributed by atoms with Crippen LogP contribution in [-0.4, -0.2) is 50.5 Å². The standard InChI is InChI=1S/C9H11FN2O5S/c10-3-4(9(11)16)12-18-8(3)7-6(15)5(14)2(1-13)17-7/h2,5-7,13-15H,1H2,(H2,11,16)/t2-,5-,6-,7-/m1/s1. The molecule has 5 N–H and O–H groups in total. The molecule has 0 spiro atoms. The lowest BCUT2D eigenvalue weighted by molar-refractivity contribution is -0.0226. The van der Waals surface area contributed by atoms with Gasteiger partial charge in [0.15, 0.2) is 11.5 Å². The summed E-state index contributed by atoms with van der Waals surface area (Å²) in [5.74, 6) is -2.00. The van der Waals surface area contributed by atoms with Crippen LogP contribution in [0.5, 0.6) is 0 Å². The first-order chi connectivity index (χ1) is 8.47. The number of primary amides is 1. The molecule has 9 heteroatoms. The Kier molecular flexibility index (Phi) is 3.59. The van der Waals surface area contributed by atoms with E-state index in [1.165, 1.54) is 0 Å². The van der Waals surface area contributed by atoms with Gasteiger partial charge in [0.05, 0.1) is 11.5 Å². The third kappa shape index (κ3) is 1.99. The molecule has 2 rings (SSSR count). The Morgan fingerprint density at radius 3 is 2.61 bits per heavy atom.